The molecule has 0 unspecified atom stereocenters. The zero-order valence-corrected chi connectivity index (χ0v) is 15.5. The number of pyridine rings is 1. The largest absolute Gasteiger partial charge is 0.478 e. The van der Waals surface area contributed by atoms with Crippen LogP contribution in [0.1, 0.15) is 34.9 Å². The molecule has 138 valence electrons. The van der Waals surface area contributed by atoms with Crippen LogP contribution >= 0.6 is 0 Å². The van der Waals surface area contributed by atoms with Gasteiger partial charge in [0, 0.05) is 32.4 Å². The molecule has 0 bridgehead atoms. The average molecular weight is 375 g/mol. The monoisotopic (exact) mass is 375 g/mol. The van der Waals surface area contributed by atoms with Crippen LogP contribution < -0.4 is 0 Å². The van der Waals surface area contributed by atoms with E-state index in [4.69, 9.17) is 5.11 Å². The van der Waals surface area contributed by atoms with E-state index in [0.717, 1.165) is 24.0 Å². The van der Waals surface area contributed by atoms with Gasteiger partial charge in [-0.05, 0) is 36.6 Å². The highest BCUT2D eigenvalue weighted by molar-refractivity contribution is 7.86. The fraction of sp³-hybridized carbons (Fsp3) is 0.333. The molecule has 26 heavy (non-hydrogen) atoms. The number of nitrogens with zero attached hydrogens (tertiary/aromatic N) is 3. The van der Waals surface area contributed by atoms with Gasteiger partial charge in [0.1, 0.15) is 0 Å². The number of benzene rings is 1. The van der Waals surface area contributed by atoms with E-state index >= 15 is 0 Å². The molecule has 3 rings (SSSR count). The predicted molar refractivity (Wildman–Crippen MR) is 97.9 cm³/mol. The summed E-state index contributed by atoms with van der Waals surface area (Å²) in [4.78, 5) is 15.6. The summed E-state index contributed by atoms with van der Waals surface area (Å²) < 4.78 is 27.7. The maximum atomic E-state index is 12.5. The van der Waals surface area contributed by atoms with E-state index in [-0.39, 0.29) is 11.6 Å². The van der Waals surface area contributed by atoms with Crippen molar-refractivity contribution < 1.29 is 18.3 Å². The van der Waals surface area contributed by atoms with Crippen LogP contribution in [0, 0.1) is 0 Å². The molecule has 1 aromatic carbocycles. The molecule has 1 aliphatic rings. The van der Waals surface area contributed by atoms with Crippen LogP contribution in [0.15, 0.2) is 42.6 Å². The van der Waals surface area contributed by atoms with Gasteiger partial charge in [0.05, 0.1) is 17.3 Å². The van der Waals surface area contributed by atoms with Crippen molar-refractivity contribution in [2.24, 2.45) is 0 Å². The lowest BCUT2D eigenvalue weighted by molar-refractivity contribution is 0.0697. The van der Waals surface area contributed by atoms with Gasteiger partial charge in [-0.2, -0.15) is 17.0 Å². The lowest BCUT2D eigenvalue weighted by Crippen LogP contribution is -2.39. The molecule has 0 saturated carbocycles. The van der Waals surface area contributed by atoms with Crippen molar-refractivity contribution >= 4 is 16.2 Å². The summed E-state index contributed by atoms with van der Waals surface area (Å²) in [5, 5.41) is 9.11. The van der Waals surface area contributed by atoms with Crippen LogP contribution in [0.5, 0.6) is 0 Å². The quantitative estimate of drug-likeness (QED) is 0.866. The molecule has 0 aliphatic carbocycles. The van der Waals surface area contributed by atoms with Crippen LogP contribution in [-0.2, 0) is 10.2 Å². The molecule has 7 nitrogen and oxygen atoms in total. The van der Waals surface area contributed by atoms with Crippen molar-refractivity contribution in [3.8, 4) is 11.1 Å². The number of hydrogen-bond donors (Lipinski definition) is 1. The summed E-state index contributed by atoms with van der Waals surface area (Å²) in [6.45, 7) is 0.481. The molecule has 1 aromatic heterocycles. The zero-order valence-electron chi connectivity index (χ0n) is 14.7. The SMILES string of the molecule is CN(C)S(=O)(=O)N1CCC[C@H]1c1ccc(-c2cccc(C(=O)O)c2)cn1. The Balaban J connectivity index is 1.88. The minimum Gasteiger partial charge on any atom is -0.478 e. The first-order valence-corrected chi connectivity index (χ1v) is 9.69. The van der Waals surface area contributed by atoms with Crippen LogP contribution in [0.2, 0.25) is 0 Å². The van der Waals surface area contributed by atoms with E-state index in [1.54, 1.807) is 18.3 Å². The van der Waals surface area contributed by atoms with Gasteiger partial charge >= 0.3 is 5.97 Å². The lowest BCUT2D eigenvalue weighted by Gasteiger charge is -2.26. The van der Waals surface area contributed by atoms with Gasteiger partial charge in [0.25, 0.3) is 10.2 Å². The second kappa shape index (κ2) is 7.14. The second-order valence-electron chi connectivity index (χ2n) is 6.42. The Bertz CT molecular complexity index is 910. The smallest absolute Gasteiger partial charge is 0.335 e. The molecule has 1 atom stereocenters. The van der Waals surface area contributed by atoms with Crippen LogP contribution in [-0.4, -0.2) is 53.7 Å². The Morgan fingerprint density at radius 1 is 1.23 bits per heavy atom. The summed E-state index contributed by atoms with van der Waals surface area (Å²) in [5.74, 6) is -0.980. The van der Waals surface area contributed by atoms with E-state index in [0.29, 0.717) is 12.2 Å². The van der Waals surface area contributed by atoms with Gasteiger partial charge in [0.2, 0.25) is 0 Å². The van der Waals surface area contributed by atoms with Crippen molar-refractivity contribution in [2.75, 3.05) is 20.6 Å². The molecule has 2 aromatic rings. The normalized spacial score (nSPS) is 18.3. The Kier molecular flexibility index (Phi) is 5.08. The number of hydrogen-bond acceptors (Lipinski definition) is 4. The first-order chi connectivity index (χ1) is 12.3. The Morgan fingerprint density at radius 3 is 2.62 bits per heavy atom. The highest BCUT2D eigenvalue weighted by Gasteiger charge is 2.37. The van der Waals surface area contributed by atoms with Gasteiger partial charge < -0.3 is 5.11 Å². The number of aromatic carboxylic acids is 1. The van der Waals surface area contributed by atoms with Crippen molar-refractivity contribution in [1.29, 1.82) is 0 Å². The van der Waals surface area contributed by atoms with Gasteiger partial charge in [-0.1, -0.05) is 18.2 Å². The third-order valence-corrected chi connectivity index (χ3v) is 6.48. The molecular weight excluding hydrogens is 354 g/mol. The molecule has 1 aliphatic heterocycles. The summed E-state index contributed by atoms with van der Waals surface area (Å²) in [6.07, 6.45) is 3.19. The molecule has 0 spiro atoms. The second-order valence-corrected chi connectivity index (χ2v) is 8.51. The summed E-state index contributed by atoms with van der Waals surface area (Å²) >= 11 is 0. The first kappa shape index (κ1) is 18.5. The summed E-state index contributed by atoms with van der Waals surface area (Å²) in [6, 6.07) is 10.0. The summed E-state index contributed by atoms with van der Waals surface area (Å²) in [5.41, 5.74) is 2.46. The topological polar surface area (TPSA) is 90.8 Å². The Labute approximate surface area is 153 Å². The number of aromatic nitrogens is 1. The molecule has 0 amide bonds. The average Bonchev–Trinajstić information content (AvgIpc) is 3.12. The van der Waals surface area contributed by atoms with Crippen molar-refractivity contribution in [3.63, 3.8) is 0 Å². The Hall–Kier alpha value is -2.29. The molecule has 1 saturated heterocycles. The lowest BCUT2D eigenvalue weighted by atomic mass is 10.0. The van der Waals surface area contributed by atoms with Gasteiger partial charge in [-0.3, -0.25) is 4.98 Å². The third kappa shape index (κ3) is 3.48. The molecule has 1 N–H and O–H groups in total. The van der Waals surface area contributed by atoms with E-state index in [1.807, 2.05) is 18.2 Å². The van der Waals surface area contributed by atoms with Crippen LogP contribution in [0.25, 0.3) is 11.1 Å². The minimum atomic E-state index is -3.49. The molecule has 0 radical (unpaired) electrons. The fourth-order valence-electron chi connectivity index (χ4n) is 3.13. The molecule has 1 fully saturated rings. The maximum Gasteiger partial charge on any atom is 0.335 e. The number of carboxylic acids is 1. The van der Waals surface area contributed by atoms with E-state index in [1.165, 1.54) is 28.8 Å². The van der Waals surface area contributed by atoms with Gasteiger partial charge in [-0.15, -0.1) is 0 Å². The molecule has 2 heterocycles. The standard InChI is InChI=1S/C18H21N3O4S/c1-20(2)26(24,25)21-10-4-7-17(21)16-9-8-15(12-19-16)13-5-3-6-14(11-13)18(22)23/h3,5-6,8-9,11-12,17H,4,7,10H2,1-2H3,(H,22,23)/t17-/m0/s1. The van der Waals surface area contributed by atoms with Crippen LogP contribution in [0.3, 0.4) is 0 Å². The van der Waals surface area contributed by atoms with Crippen LogP contribution in [0.4, 0.5) is 0 Å². The van der Waals surface area contributed by atoms with Gasteiger partial charge in [0.15, 0.2) is 0 Å². The Morgan fingerprint density at radius 2 is 2.00 bits per heavy atom. The molecular formula is C18H21N3O4S. The van der Waals surface area contributed by atoms with Crippen molar-refractivity contribution in [2.45, 2.75) is 18.9 Å². The fourth-order valence-corrected chi connectivity index (χ4v) is 4.44. The maximum absolute atomic E-state index is 12.5. The highest BCUT2D eigenvalue weighted by atomic mass is 32.2. The third-order valence-electron chi connectivity index (χ3n) is 4.53. The van der Waals surface area contributed by atoms with E-state index < -0.39 is 16.2 Å². The molecule has 8 heteroatoms. The van der Waals surface area contributed by atoms with Crippen molar-refractivity contribution in [3.05, 3.63) is 53.9 Å². The number of carbonyl (C=O) groups is 1. The predicted octanol–water partition coefficient (Wildman–Crippen LogP) is 2.39. The highest BCUT2D eigenvalue weighted by Crippen LogP contribution is 2.34. The zero-order chi connectivity index (χ0) is 18.9. The van der Waals surface area contributed by atoms with Crippen molar-refractivity contribution in [1.82, 2.24) is 13.6 Å². The first-order valence-electron chi connectivity index (χ1n) is 8.29. The minimum absolute atomic E-state index is 0.214. The van der Waals surface area contributed by atoms with E-state index in [2.05, 4.69) is 4.98 Å². The number of rotatable bonds is 5. The number of carboxylic acid groups (broad SMARTS) is 1. The van der Waals surface area contributed by atoms with Gasteiger partial charge in [-0.25, -0.2) is 4.79 Å². The summed E-state index contributed by atoms with van der Waals surface area (Å²) in [7, 11) is -0.441. The van der Waals surface area contributed by atoms with E-state index in [9.17, 15) is 13.2 Å².